The molecule has 0 aliphatic rings. The molecule has 196 valence electrons. The highest BCUT2D eigenvalue weighted by Crippen LogP contribution is 2.28. The summed E-state index contributed by atoms with van der Waals surface area (Å²) in [5.74, 6) is 0.653. The zero-order chi connectivity index (χ0) is 26.8. The number of halogens is 3. The number of benzene rings is 3. The molecule has 0 aliphatic carbocycles. The number of carbonyl (C=O) groups excluding carboxylic acids is 2. The van der Waals surface area contributed by atoms with Crippen molar-refractivity contribution in [1.82, 2.24) is 10.2 Å². The van der Waals surface area contributed by atoms with Gasteiger partial charge in [0, 0.05) is 40.3 Å². The van der Waals surface area contributed by atoms with Gasteiger partial charge in [-0.1, -0.05) is 97.2 Å². The second kappa shape index (κ2) is 14.7. The van der Waals surface area contributed by atoms with Gasteiger partial charge < -0.3 is 10.2 Å². The lowest BCUT2D eigenvalue weighted by atomic mass is 10.0. The van der Waals surface area contributed by atoms with E-state index in [1.807, 2.05) is 56.3 Å². The maximum absolute atomic E-state index is 13.7. The van der Waals surface area contributed by atoms with Gasteiger partial charge in [-0.3, -0.25) is 9.59 Å². The van der Waals surface area contributed by atoms with E-state index in [0.717, 1.165) is 16.7 Å². The second-order valence-corrected chi connectivity index (χ2v) is 11.4. The molecule has 0 radical (unpaired) electrons. The summed E-state index contributed by atoms with van der Waals surface area (Å²) in [5, 5.41) is 4.79. The number of thioether (sulfide) groups is 1. The summed E-state index contributed by atoms with van der Waals surface area (Å²) in [4.78, 5) is 28.8. The molecule has 3 aromatic carbocycles. The highest BCUT2D eigenvalue weighted by Gasteiger charge is 2.30. The van der Waals surface area contributed by atoms with E-state index in [0.29, 0.717) is 33.8 Å². The average Bonchev–Trinajstić information content (AvgIpc) is 2.88. The third-order valence-electron chi connectivity index (χ3n) is 5.76. The first-order valence-corrected chi connectivity index (χ1v) is 14.4. The normalized spacial score (nSPS) is 11.8. The van der Waals surface area contributed by atoms with Crippen LogP contribution in [0.4, 0.5) is 0 Å². The Morgan fingerprint density at radius 1 is 0.865 bits per heavy atom. The highest BCUT2D eigenvalue weighted by molar-refractivity contribution is 7.99. The van der Waals surface area contributed by atoms with Gasteiger partial charge in [-0.15, -0.1) is 11.8 Å². The molecule has 0 heterocycles. The molecule has 0 spiro atoms. The van der Waals surface area contributed by atoms with Crippen LogP contribution < -0.4 is 5.32 Å². The Morgan fingerprint density at radius 2 is 1.51 bits per heavy atom. The molecule has 4 nitrogen and oxygen atoms in total. The van der Waals surface area contributed by atoms with Gasteiger partial charge in [-0.2, -0.15) is 0 Å². The summed E-state index contributed by atoms with van der Waals surface area (Å²) in [5.41, 5.74) is 2.67. The zero-order valence-corrected chi connectivity index (χ0v) is 24.0. The van der Waals surface area contributed by atoms with Crippen molar-refractivity contribution in [2.75, 3.05) is 12.3 Å². The molecule has 8 heteroatoms. The standard InChI is InChI=1S/C29H31Cl3N2O2S/c1-20(2)16-33-29(36)27(15-21-7-4-3-5-8-21)34(17-22-11-13-23(30)14-12-22)28(35)19-37-18-24-25(31)9-6-10-26(24)32/h3-14,20,27H,15-19H2,1-2H3,(H,33,36)/t27-/m1/s1. The van der Waals surface area contributed by atoms with Crippen molar-refractivity contribution >= 4 is 58.4 Å². The van der Waals surface area contributed by atoms with Crippen LogP contribution in [0.15, 0.2) is 72.8 Å². The molecule has 0 fully saturated rings. The molecular weight excluding hydrogens is 547 g/mol. The lowest BCUT2D eigenvalue weighted by Gasteiger charge is -2.32. The maximum atomic E-state index is 13.7. The van der Waals surface area contributed by atoms with Crippen LogP contribution in [0.3, 0.4) is 0 Å². The van der Waals surface area contributed by atoms with E-state index < -0.39 is 6.04 Å². The van der Waals surface area contributed by atoms with Gasteiger partial charge in [0.15, 0.2) is 0 Å². The van der Waals surface area contributed by atoms with Crippen molar-refractivity contribution in [3.8, 4) is 0 Å². The van der Waals surface area contributed by atoms with E-state index in [-0.39, 0.29) is 30.0 Å². The molecule has 0 aliphatic heterocycles. The van der Waals surface area contributed by atoms with Crippen molar-refractivity contribution in [1.29, 1.82) is 0 Å². The van der Waals surface area contributed by atoms with E-state index in [1.54, 1.807) is 35.2 Å². The quantitative estimate of drug-likeness (QED) is 0.246. The molecule has 0 aromatic heterocycles. The van der Waals surface area contributed by atoms with Gasteiger partial charge >= 0.3 is 0 Å². The summed E-state index contributed by atoms with van der Waals surface area (Å²) in [7, 11) is 0. The maximum Gasteiger partial charge on any atom is 0.243 e. The number of rotatable bonds is 12. The molecule has 2 amide bonds. The van der Waals surface area contributed by atoms with Crippen LogP contribution in [0.2, 0.25) is 15.1 Å². The lowest BCUT2D eigenvalue weighted by Crippen LogP contribution is -2.51. The van der Waals surface area contributed by atoms with Gasteiger partial charge in [-0.05, 0) is 46.9 Å². The molecule has 37 heavy (non-hydrogen) atoms. The first kappa shape index (κ1) is 29.4. The summed E-state index contributed by atoms with van der Waals surface area (Å²) < 4.78 is 0. The number of hydrogen-bond donors (Lipinski definition) is 1. The van der Waals surface area contributed by atoms with Gasteiger partial charge in [0.1, 0.15) is 6.04 Å². The molecule has 1 atom stereocenters. The monoisotopic (exact) mass is 576 g/mol. The first-order chi connectivity index (χ1) is 17.7. The Labute approximate surface area is 238 Å². The molecule has 0 saturated heterocycles. The van der Waals surface area contributed by atoms with E-state index in [4.69, 9.17) is 34.8 Å². The Balaban J connectivity index is 1.85. The Morgan fingerprint density at radius 3 is 2.14 bits per heavy atom. The topological polar surface area (TPSA) is 49.4 Å². The third-order valence-corrected chi connectivity index (χ3v) is 7.66. The van der Waals surface area contributed by atoms with E-state index in [9.17, 15) is 9.59 Å². The molecule has 0 bridgehead atoms. The van der Waals surface area contributed by atoms with Crippen molar-refractivity contribution in [2.45, 2.75) is 38.6 Å². The van der Waals surface area contributed by atoms with Crippen molar-refractivity contribution in [3.63, 3.8) is 0 Å². The van der Waals surface area contributed by atoms with Crippen LogP contribution in [-0.4, -0.2) is 35.1 Å². The number of amides is 2. The smallest absolute Gasteiger partial charge is 0.243 e. The predicted molar refractivity (Wildman–Crippen MR) is 156 cm³/mol. The molecular formula is C29H31Cl3N2O2S. The third kappa shape index (κ3) is 9.26. The minimum Gasteiger partial charge on any atom is -0.354 e. The van der Waals surface area contributed by atoms with Crippen LogP contribution in [-0.2, 0) is 28.3 Å². The van der Waals surface area contributed by atoms with Crippen molar-refractivity contribution < 1.29 is 9.59 Å². The lowest BCUT2D eigenvalue weighted by molar-refractivity contribution is -0.139. The van der Waals surface area contributed by atoms with Crippen LogP contribution in [0.5, 0.6) is 0 Å². The fraction of sp³-hybridized carbons (Fsp3) is 0.310. The zero-order valence-electron chi connectivity index (χ0n) is 20.9. The molecule has 3 rings (SSSR count). The van der Waals surface area contributed by atoms with Crippen LogP contribution in [0.25, 0.3) is 0 Å². The van der Waals surface area contributed by atoms with Gasteiger partial charge in [0.2, 0.25) is 11.8 Å². The minimum atomic E-state index is -0.672. The average molecular weight is 578 g/mol. The number of nitrogens with zero attached hydrogens (tertiary/aromatic N) is 1. The number of nitrogens with one attached hydrogen (secondary N) is 1. The minimum absolute atomic E-state index is 0.135. The summed E-state index contributed by atoms with van der Waals surface area (Å²) in [6, 6.07) is 21.8. The van der Waals surface area contributed by atoms with Crippen LogP contribution in [0.1, 0.15) is 30.5 Å². The fourth-order valence-electron chi connectivity index (χ4n) is 3.76. The summed E-state index contributed by atoms with van der Waals surface area (Å²) in [6.07, 6.45) is 0.408. The molecule has 0 saturated carbocycles. The Bertz CT molecular complexity index is 1150. The van der Waals surface area contributed by atoms with Crippen molar-refractivity contribution in [3.05, 3.63) is 105 Å². The molecule has 3 aromatic rings. The Hall–Kier alpha value is -2.18. The summed E-state index contributed by atoms with van der Waals surface area (Å²) >= 11 is 20.1. The van der Waals surface area contributed by atoms with Crippen LogP contribution >= 0.6 is 46.6 Å². The second-order valence-electron chi connectivity index (χ2n) is 9.19. The Kier molecular flexibility index (Phi) is 11.7. The predicted octanol–water partition coefficient (Wildman–Crippen LogP) is 7.29. The van der Waals surface area contributed by atoms with E-state index >= 15 is 0 Å². The van der Waals surface area contributed by atoms with Gasteiger partial charge in [0.25, 0.3) is 0 Å². The fourth-order valence-corrected chi connectivity index (χ4v) is 5.53. The summed E-state index contributed by atoms with van der Waals surface area (Å²) in [6.45, 7) is 4.90. The largest absolute Gasteiger partial charge is 0.354 e. The molecule has 0 unspecified atom stereocenters. The van der Waals surface area contributed by atoms with E-state index in [2.05, 4.69) is 5.32 Å². The highest BCUT2D eigenvalue weighted by atomic mass is 35.5. The van der Waals surface area contributed by atoms with Gasteiger partial charge in [0.05, 0.1) is 5.75 Å². The van der Waals surface area contributed by atoms with Crippen LogP contribution in [0, 0.1) is 5.92 Å². The van der Waals surface area contributed by atoms with Crippen molar-refractivity contribution in [2.24, 2.45) is 5.92 Å². The van der Waals surface area contributed by atoms with E-state index in [1.165, 1.54) is 11.8 Å². The number of hydrogen-bond acceptors (Lipinski definition) is 3. The SMILES string of the molecule is CC(C)CNC(=O)[C@@H](Cc1ccccc1)N(Cc1ccc(Cl)cc1)C(=O)CSCc1c(Cl)cccc1Cl. The van der Waals surface area contributed by atoms with Gasteiger partial charge in [-0.25, -0.2) is 0 Å². The number of carbonyl (C=O) groups is 2. The first-order valence-electron chi connectivity index (χ1n) is 12.1. The molecule has 1 N–H and O–H groups in total.